The first kappa shape index (κ1) is 23.6. The van der Waals surface area contributed by atoms with Gasteiger partial charge in [-0.3, -0.25) is 0 Å². The van der Waals surface area contributed by atoms with Crippen molar-refractivity contribution in [2.45, 2.75) is 20.8 Å². The summed E-state index contributed by atoms with van der Waals surface area (Å²) in [4.78, 5) is 35.2. The van der Waals surface area contributed by atoms with Crippen LogP contribution in [0.3, 0.4) is 0 Å². The lowest BCUT2D eigenvalue weighted by Crippen LogP contribution is -2.28. The Morgan fingerprint density at radius 2 is 1.97 bits per heavy atom. The van der Waals surface area contributed by atoms with E-state index in [4.69, 9.17) is 9.72 Å². The molecule has 0 aliphatic carbocycles. The van der Waals surface area contributed by atoms with E-state index in [9.17, 15) is 9.59 Å². The number of pyridine rings is 1. The number of benzene rings is 1. The summed E-state index contributed by atoms with van der Waals surface area (Å²) in [6.45, 7) is 9.30. The quantitative estimate of drug-likeness (QED) is 0.306. The molecular weight excluding hydrogens is 418 g/mol. The second kappa shape index (κ2) is 10.5. The molecule has 8 nitrogen and oxygen atoms in total. The number of esters is 1. The molecule has 0 saturated carbocycles. The van der Waals surface area contributed by atoms with Crippen LogP contribution in [-0.2, 0) is 4.74 Å². The van der Waals surface area contributed by atoms with Crippen LogP contribution < -0.4 is 16.5 Å². The molecule has 33 heavy (non-hydrogen) atoms. The molecule has 3 aromatic rings. The molecule has 3 rings (SSSR count). The number of hydrogen-bond acceptors (Lipinski definition) is 7. The number of rotatable bonds is 8. The number of carbonyl (C=O) groups is 1. The summed E-state index contributed by atoms with van der Waals surface area (Å²) in [5.41, 5.74) is 8.21. The van der Waals surface area contributed by atoms with Crippen LogP contribution in [0, 0.1) is 6.92 Å². The van der Waals surface area contributed by atoms with Crippen molar-refractivity contribution in [1.29, 1.82) is 0 Å². The van der Waals surface area contributed by atoms with Crippen LogP contribution in [0.15, 0.2) is 66.0 Å². The van der Waals surface area contributed by atoms with Gasteiger partial charge in [-0.15, -0.1) is 0 Å². The Kier molecular flexibility index (Phi) is 7.53. The maximum Gasteiger partial charge on any atom is 0.355 e. The molecule has 0 unspecified atom stereocenters. The Morgan fingerprint density at radius 1 is 1.24 bits per heavy atom. The highest BCUT2D eigenvalue weighted by Gasteiger charge is 2.26. The minimum Gasteiger partial charge on any atom is -0.462 e. The molecule has 0 radical (unpaired) electrons. The molecule has 0 amide bonds. The van der Waals surface area contributed by atoms with Crippen molar-refractivity contribution >= 4 is 28.5 Å². The summed E-state index contributed by atoms with van der Waals surface area (Å²) in [5, 5.41) is 0.503. The molecule has 0 atom stereocenters. The average molecular weight is 446 g/mol. The van der Waals surface area contributed by atoms with Crippen molar-refractivity contribution in [3.8, 4) is 11.1 Å². The summed E-state index contributed by atoms with van der Waals surface area (Å²) < 4.78 is 6.77. The summed E-state index contributed by atoms with van der Waals surface area (Å²) >= 11 is 0. The minimum atomic E-state index is -0.527. The Bertz CT molecular complexity index is 1310. The zero-order valence-corrected chi connectivity index (χ0v) is 19.2. The van der Waals surface area contributed by atoms with E-state index < -0.39 is 11.7 Å². The molecule has 0 aliphatic rings. The van der Waals surface area contributed by atoms with E-state index in [0.29, 0.717) is 33.6 Å². The molecule has 0 spiro atoms. The fraction of sp³-hybridized carbons (Fsp3) is 0.200. The third-order valence-electron chi connectivity index (χ3n) is 4.88. The first-order chi connectivity index (χ1) is 16.0. The third-order valence-corrected chi connectivity index (χ3v) is 4.88. The molecule has 2 N–H and O–H groups in total. The zero-order chi connectivity index (χ0) is 24.0. The van der Waals surface area contributed by atoms with Crippen molar-refractivity contribution in [3.05, 3.63) is 83.0 Å². The average Bonchev–Trinajstić information content (AvgIpc) is 2.79. The van der Waals surface area contributed by atoms with E-state index in [0.717, 1.165) is 5.56 Å². The largest absolute Gasteiger partial charge is 0.462 e. The maximum absolute atomic E-state index is 13.1. The predicted octanol–water partition coefficient (Wildman–Crippen LogP) is 4.09. The normalized spacial score (nSPS) is 11.7. The zero-order valence-electron chi connectivity index (χ0n) is 19.2. The summed E-state index contributed by atoms with van der Waals surface area (Å²) in [5.74, 6) is -0.240. The lowest BCUT2D eigenvalue weighted by molar-refractivity contribution is 0.0526. The van der Waals surface area contributed by atoms with Crippen molar-refractivity contribution in [1.82, 2.24) is 20.0 Å². The molecule has 2 heterocycles. The number of ether oxygens (including phenoxy) is 1. The van der Waals surface area contributed by atoms with Crippen molar-refractivity contribution in [2.24, 2.45) is 0 Å². The van der Waals surface area contributed by atoms with Gasteiger partial charge in [-0.1, -0.05) is 49.1 Å². The number of hydrazine groups is 1. The van der Waals surface area contributed by atoms with Gasteiger partial charge in [0.2, 0.25) is 0 Å². The van der Waals surface area contributed by atoms with Gasteiger partial charge >= 0.3 is 11.7 Å². The number of aromatic nitrogens is 3. The van der Waals surface area contributed by atoms with Gasteiger partial charge in [0.25, 0.3) is 0 Å². The Morgan fingerprint density at radius 3 is 2.58 bits per heavy atom. The van der Waals surface area contributed by atoms with E-state index in [2.05, 4.69) is 22.4 Å². The van der Waals surface area contributed by atoms with E-state index in [1.54, 1.807) is 39.1 Å². The van der Waals surface area contributed by atoms with E-state index in [1.807, 2.05) is 43.3 Å². The Labute approximate surface area is 192 Å². The second-order valence-corrected chi connectivity index (χ2v) is 7.01. The van der Waals surface area contributed by atoms with Gasteiger partial charge in [0.1, 0.15) is 0 Å². The number of nitrogens with one attached hydrogen (secondary N) is 2. The van der Waals surface area contributed by atoms with Gasteiger partial charge in [-0.25, -0.2) is 24.6 Å². The summed E-state index contributed by atoms with van der Waals surface area (Å²) in [6.07, 6.45) is 6.87. The number of allylic oxidation sites excluding steroid dienone is 5. The van der Waals surface area contributed by atoms with Crippen molar-refractivity contribution < 1.29 is 9.53 Å². The molecule has 0 aliphatic heterocycles. The van der Waals surface area contributed by atoms with Crippen LogP contribution in [-0.4, -0.2) is 34.2 Å². The minimum absolute atomic E-state index is 0.220. The number of anilines is 1. The van der Waals surface area contributed by atoms with Gasteiger partial charge in [0.05, 0.1) is 28.9 Å². The highest BCUT2D eigenvalue weighted by atomic mass is 16.5. The highest BCUT2D eigenvalue weighted by molar-refractivity contribution is 6.11. The van der Waals surface area contributed by atoms with Gasteiger partial charge in [-0.2, -0.15) is 4.98 Å². The summed E-state index contributed by atoms with van der Waals surface area (Å²) in [6, 6.07) is 9.43. The molecule has 2 aromatic heterocycles. The monoisotopic (exact) mass is 445 g/mol. The van der Waals surface area contributed by atoms with Gasteiger partial charge < -0.3 is 10.2 Å². The first-order valence-electron chi connectivity index (χ1n) is 10.6. The molecular formula is C25H27N5O3. The lowest BCUT2D eigenvalue weighted by atomic mass is 9.95. The lowest BCUT2D eigenvalue weighted by Gasteiger charge is -2.20. The number of fused-ring (bicyclic) bond motifs is 1. The molecule has 1 aromatic carbocycles. The van der Waals surface area contributed by atoms with Gasteiger partial charge in [0, 0.05) is 12.6 Å². The number of hydrogen-bond donors (Lipinski definition) is 2. The standard InChI is InChI=1S/C25H27N5O3/c1-6-12-18(13-7-2)30-23-21(22(29-26-5)28-25(30)32)20(17-14-10-9-11-15-17)19(16(4)27-23)24(31)33-8-3/h6-7,9-15,26H,1,8H2,2-5H3,(H,28,29,32)/b13-7-,18-12+. The maximum atomic E-state index is 13.1. The Balaban J connectivity index is 2.63. The highest BCUT2D eigenvalue weighted by Crippen LogP contribution is 2.36. The van der Waals surface area contributed by atoms with Gasteiger partial charge in [-0.05, 0) is 38.5 Å². The second-order valence-electron chi connectivity index (χ2n) is 7.01. The SMILES string of the molecule is C=C/C=C(\C=C/C)n1c(=O)nc(NNC)c2c(-c3ccccc3)c(C(=O)OCC)c(C)nc21. The first-order valence-corrected chi connectivity index (χ1v) is 10.6. The van der Waals surface area contributed by atoms with Crippen LogP contribution in [0.25, 0.3) is 27.9 Å². The topological polar surface area (TPSA) is 98.1 Å². The van der Waals surface area contributed by atoms with E-state index >= 15 is 0 Å². The number of aryl methyl sites for hydroxylation is 1. The van der Waals surface area contributed by atoms with E-state index in [-0.39, 0.29) is 12.4 Å². The smallest absolute Gasteiger partial charge is 0.355 e. The van der Waals surface area contributed by atoms with Crippen molar-refractivity contribution in [3.63, 3.8) is 0 Å². The number of nitrogens with zero attached hydrogens (tertiary/aromatic N) is 3. The predicted molar refractivity (Wildman–Crippen MR) is 132 cm³/mol. The molecule has 8 heteroatoms. The summed E-state index contributed by atoms with van der Waals surface area (Å²) in [7, 11) is 1.66. The Hall–Kier alpha value is -4.04. The fourth-order valence-electron chi connectivity index (χ4n) is 3.65. The third kappa shape index (κ3) is 4.61. The molecule has 170 valence electrons. The number of carbonyl (C=O) groups excluding carboxylic acids is 1. The van der Waals surface area contributed by atoms with Crippen LogP contribution >= 0.6 is 0 Å². The molecule has 0 fully saturated rings. The van der Waals surface area contributed by atoms with E-state index in [1.165, 1.54) is 4.57 Å². The van der Waals surface area contributed by atoms with Crippen molar-refractivity contribution in [2.75, 3.05) is 19.1 Å². The molecule has 0 saturated heterocycles. The van der Waals surface area contributed by atoms with Crippen LogP contribution in [0.1, 0.15) is 29.9 Å². The van der Waals surface area contributed by atoms with Gasteiger partial charge in [0.15, 0.2) is 11.5 Å². The van der Waals surface area contributed by atoms with Crippen LogP contribution in [0.5, 0.6) is 0 Å². The van der Waals surface area contributed by atoms with Crippen LogP contribution in [0.2, 0.25) is 0 Å². The fourth-order valence-corrected chi connectivity index (χ4v) is 3.65. The molecule has 0 bridgehead atoms. The van der Waals surface area contributed by atoms with Crippen LogP contribution in [0.4, 0.5) is 5.82 Å².